The minimum Gasteiger partial charge on any atom is -0.495 e. The number of rotatable bonds is 5. The fraction of sp³-hybridized carbons (Fsp3) is 0.364. The van der Waals surface area contributed by atoms with Crippen LogP contribution in [-0.4, -0.2) is 31.5 Å². The molecule has 27 heavy (non-hydrogen) atoms. The number of methoxy groups -OCH3 is 1. The third kappa shape index (κ3) is 3.68. The first-order chi connectivity index (χ1) is 12.9. The Morgan fingerprint density at radius 1 is 1.15 bits per heavy atom. The molecule has 3 rings (SSSR count). The number of carbonyl (C=O) groups excluding carboxylic acids is 2. The molecule has 2 aromatic rings. The second-order valence-corrected chi connectivity index (χ2v) is 7.17. The summed E-state index contributed by atoms with van der Waals surface area (Å²) in [7, 11) is 1.58. The Morgan fingerprint density at radius 3 is 2.48 bits per heavy atom. The predicted molar refractivity (Wildman–Crippen MR) is 107 cm³/mol. The minimum atomic E-state index is -0.371. The molecule has 1 aliphatic rings. The quantitative estimate of drug-likeness (QED) is 0.809. The first-order valence-electron chi connectivity index (χ1n) is 9.26. The van der Waals surface area contributed by atoms with E-state index in [9.17, 15) is 9.59 Å². The van der Waals surface area contributed by atoms with E-state index in [0.29, 0.717) is 18.0 Å². The van der Waals surface area contributed by atoms with Crippen molar-refractivity contribution in [2.75, 3.05) is 23.5 Å². The fourth-order valence-electron chi connectivity index (χ4n) is 3.64. The van der Waals surface area contributed by atoms with Gasteiger partial charge in [0.15, 0.2) is 0 Å². The fourth-order valence-corrected chi connectivity index (χ4v) is 3.64. The zero-order chi connectivity index (χ0) is 19.6. The Bertz CT molecular complexity index is 847. The lowest BCUT2D eigenvalue weighted by molar-refractivity contribution is -0.124. The van der Waals surface area contributed by atoms with Crippen LogP contribution in [0.25, 0.3) is 0 Å². The van der Waals surface area contributed by atoms with Crippen LogP contribution in [0.4, 0.5) is 11.4 Å². The van der Waals surface area contributed by atoms with E-state index in [-0.39, 0.29) is 30.2 Å². The highest BCUT2D eigenvalue weighted by Crippen LogP contribution is 2.34. The molecule has 1 unspecified atom stereocenters. The van der Waals surface area contributed by atoms with Crippen LogP contribution in [0.3, 0.4) is 0 Å². The van der Waals surface area contributed by atoms with Crippen molar-refractivity contribution in [3.05, 3.63) is 54.1 Å². The molecule has 0 aromatic heterocycles. The number of aryl methyl sites for hydroxylation is 1. The average Bonchev–Trinajstić information content (AvgIpc) is 3.04. The summed E-state index contributed by atoms with van der Waals surface area (Å²) in [4.78, 5) is 29.5. The topological polar surface area (TPSA) is 49.9 Å². The van der Waals surface area contributed by atoms with Gasteiger partial charge >= 0.3 is 0 Å². The van der Waals surface area contributed by atoms with Crippen LogP contribution in [0.2, 0.25) is 0 Å². The van der Waals surface area contributed by atoms with E-state index in [1.807, 2.05) is 74.2 Å². The molecule has 0 N–H and O–H groups in total. The second-order valence-electron chi connectivity index (χ2n) is 7.17. The van der Waals surface area contributed by atoms with Crippen LogP contribution in [0.1, 0.15) is 25.8 Å². The highest BCUT2D eigenvalue weighted by Gasteiger charge is 2.39. The van der Waals surface area contributed by atoms with Gasteiger partial charge in [-0.25, -0.2) is 0 Å². The Kier molecular flexibility index (Phi) is 5.49. The van der Waals surface area contributed by atoms with E-state index in [1.165, 1.54) is 0 Å². The summed E-state index contributed by atoms with van der Waals surface area (Å²) in [5.41, 5.74) is 2.67. The van der Waals surface area contributed by atoms with E-state index in [2.05, 4.69) is 0 Å². The summed E-state index contributed by atoms with van der Waals surface area (Å²) < 4.78 is 5.38. The van der Waals surface area contributed by atoms with Gasteiger partial charge in [0.2, 0.25) is 11.8 Å². The molecule has 0 saturated carbocycles. The maximum atomic E-state index is 13.3. The van der Waals surface area contributed by atoms with Gasteiger partial charge in [-0.3, -0.25) is 9.59 Å². The van der Waals surface area contributed by atoms with Gasteiger partial charge in [0.05, 0.1) is 18.7 Å². The van der Waals surface area contributed by atoms with Crippen molar-refractivity contribution >= 4 is 23.2 Å². The van der Waals surface area contributed by atoms with E-state index < -0.39 is 0 Å². The number of nitrogens with zero attached hydrogens (tertiary/aromatic N) is 2. The number of carbonyl (C=O) groups is 2. The number of ether oxygens (including phenoxy) is 1. The largest absolute Gasteiger partial charge is 0.495 e. The van der Waals surface area contributed by atoms with Crippen LogP contribution < -0.4 is 14.5 Å². The summed E-state index contributed by atoms with van der Waals surface area (Å²) in [5.74, 6) is 0.208. The van der Waals surface area contributed by atoms with Crippen LogP contribution in [0, 0.1) is 12.8 Å². The van der Waals surface area contributed by atoms with Crippen molar-refractivity contribution in [1.82, 2.24) is 0 Å². The normalized spacial score (nSPS) is 16.7. The summed E-state index contributed by atoms with van der Waals surface area (Å²) >= 11 is 0. The van der Waals surface area contributed by atoms with Gasteiger partial charge in [-0.1, -0.05) is 30.3 Å². The molecule has 1 heterocycles. The van der Waals surface area contributed by atoms with E-state index in [4.69, 9.17) is 4.74 Å². The number of anilines is 2. The highest BCUT2D eigenvalue weighted by molar-refractivity contribution is 6.05. The van der Waals surface area contributed by atoms with Crippen molar-refractivity contribution in [1.29, 1.82) is 0 Å². The van der Waals surface area contributed by atoms with Crippen LogP contribution >= 0.6 is 0 Å². The van der Waals surface area contributed by atoms with Gasteiger partial charge in [0, 0.05) is 24.7 Å². The zero-order valence-corrected chi connectivity index (χ0v) is 16.3. The molecule has 1 atom stereocenters. The zero-order valence-electron chi connectivity index (χ0n) is 16.3. The van der Waals surface area contributed by atoms with Gasteiger partial charge in [-0.05, 0) is 44.5 Å². The number of benzene rings is 2. The molecule has 0 bridgehead atoms. The third-order valence-electron chi connectivity index (χ3n) is 4.98. The molecule has 0 spiro atoms. The molecule has 0 aliphatic carbocycles. The van der Waals surface area contributed by atoms with Crippen molar-refractivity contribution in [2.45, 2.75) is 33.2 Å². The van der Waals surface area contributed by atoms with Crippen LogP contribution in [0.15, 0.2) is 48.5 Å². The molecule has 1 saturated heterocycles. The predicted octanol–water partition coefficient (Wildman–Crippen LogP) is 3.80. The van der Waals surface area contributed by atoms with Gasteiger partial charge in [0.25, 0.3) is 0 Å². The summed E-state index contributed by atoms with van der Waals surface area (Å²) in [6.07, 6.45) is 0.214. The van der Waals surface area contributed by atoms with Crippen LogP contribution in [-0.2, 0) is 9.59 Å². The summed E-state index contributed by atoms with van der Waals surface area (Å²) in [6, 6.07) is 15.3. The van der Waals surface area contributed by atoms with E-state index >= 15 is 0 Å². The SMILES string of the molecule is COc1ccccc1N1CC(C(=O)N(c2ccccc2C)C(C)C)CC1=O. The Hall–Kier alpha value is -2.82. The molecular weight excluding hydrogens is 340 g/mol. The smallest absolute Gasteiger partial charge is 0.232 e. The number of amides is 2. The van der Waals surface area contributed by atoms with Gasteiger partial charge < -0.3 is 14.5 Å². The lowest BCUT2D eigenvalue weighted by Gasteiger charge is -2.30. The Balaban J connectivity index is 1.87. The molecule has 142 valence electrons. The van der Waals surface area contributed by atoms with Crippen molar-refractivity contribution in [2.24, 2.45) is 5.92 Å². The maximum absolute atomic E-state index is 13.3. The molecular formula is C22H26N2O3. The van der Waals surface area contributed by atoms with Crippen molar-refractivity contribution in [3.8, 4) is 5.75 Å². The van der Waals surface area contributed by atoms with Crippen molar-refractivity contribution in [3.63, 3.8) is 0 Å². The average molecular weight is 366 g/mol. The summed E-state index contributed by atoms with van der Waals surface area (Å²) in [6.45, 7) is 6.37. The van der Waals surface area contributed by atoms with E-state index in [0.717, 1.165) is 11.3 Å². The molecule has 1 aliphatic heterocycles. The highest BCUT2D eigenvalue weighted by atomic mass is 16.5. The minimum absolute atomic E-state index is 0.00835. The van der Waals surface area contributed by atoms with Gasteiger partial charge in [0.1, 0.15) is 5.75 Å². The van der Waals surface area contributed by atoms with Crippen molar-refractivity contribution < 1.29 is 14.3 Å². The molecule has 5 nitrogen and oxygen atoms in total. The first-order valence-corrected chi connectivity index (χ1v) is 9.26. The lowest BCUT2D eigenvalue weighted by atomic mass is 10.0. The van der Waals surface area contributed by atoms with Gasteiger partial charge in [-0.15, -0.1) is 0 Å². The number of hydrogen-bond acceptors (Lipinski definition) is 3. The molecule has 0 radical (unpaired) electrons. The molecule has 2 aromatic carbocycles. The molecule has 5 heteroatoms. The molecule has 1 fully saturated rings. The van der Waals surface area contributed by atoms with Gasteiger partial charge in [-0.2, -0.15) is 0 Å². The third-order valence-corrected chi connectivity index (χ3v) is 4.98. The second kappa shape index (κ2) is 7.82. The first kappa shape index (κ1) is 19.0. The standard InChI is InChI=1S/C22H26N2O3/c1-15(2)24(18-10-6-5-9-16(18)3)22(26)17-13-21(25)23(14-17)19-11-7-8-12-20(19)27-4/h5-12,15,17H,13-14H2,1-4H3. The number of hydrogen-bond donors (Lipinski definition) is 0. The summed E-state index contributed by atoms with van der Waals surface area (Å²) in [5, 5.41) is 0. The monoisotopic (exact) mass is 366 g/mol. The Morgan fingerprint density at radius 2 is 1.81 bits per heavy atom. The molecule has 2 amide bonds. The Labute approximate surface area is 160 Å². The van der Waals surface area contributed by atoms with Crippen LogP contribution in [0.5, 0.6) is 5.75 Å². The number of para-hydroxylation sites is 3. The lowest BCUT2D eigenvalue weighted by Crippen LogP contribution is -2.42. The maximum Gasteiger partial charge on any atom is 0.232 e. The van der Waals surface area contributed by atoms with E-state index in [1.54, 1.807) is 12.0 Å².